The Labute approximate surface area is 65.1 Å². The van der Waals surface area contributed by atoms with Crippen LogP contribution in [0.4, 0.5) is 0 Å². The zero-order chi connectivity index (χ0) is 8.99. The highest BCUT2D eigenvalue weighted by Crippen LogP contribution is 1.76. The van der Waals surface area contributed by atoms with E-state index in [-0.39, 0.29) is 5.78 Å². The van der Waals surface area contributed by atoms with Crippen molar-refractivity contribution in [1.29, 1.82) is 0 Å². The van der Waals surface area contributed by atoms with E-state index in [4.69, 9.17) is 0 Å². The zero-order valence-corrected chi connectivity index (χ0v) is 7.74. The molecule has 0 saturated heterocycles. The standard InChI is InChI=1S/C4H10.C3H6O.C2H4/c1-3-4-2;1-3(2)4;1-2/h3-4H2,1-2H3;1-2H3;1-2H2. The van der Waals surface area contributed by atoms with E-state index in [2.05, 4.69) is 27.0 Å². The predicted molar refractivity (Wildman–Crippen MR) is 48.2 cm³/mol. The van der Waals surface area contributed by atoms with Gasteiger partial charge in [-0.25, -0.2) is 0 Å². The Kier molecular flexibility index (Phi) is 38.5. The Bertz CT molecular complexity index is 51.7. The van der Waals surface area contributed by atoms with Crippen molar-refractivity contribution in [2.24, 2.45) is 0 Å². The molecule has 0 aromatic carbocycles. The summed E-state index contributed by atoms with van der Waals surface area (Å²) in [5.74, 6) is 0.167. The van der Waals surface area contributed by atoms with Gasteiger partial charge in [-0.15, -0.1) is 13.2 Å². The number of carbonyl (C=O) groups is 1. The van der Waals surface area contributed by atoms with Gasteiger partial charge in [0.15, 0.2) is 0 Å². The molecule has 1 nitrogen and oxygen atoms in total. The fourth-order valence-corrected chi connectivity index (χ4v) is 0. The second-order valence-electron chi connectivity index (χ2n) is 1.91. The van der Waals surface area contributed by atoms with Crippen molar-refractivity contribution >= 4 is 5.78 Å². The third kappa shape index (κ3) is 1810. The van der Waals surface area contributed by atoms with E-state index in [9.17, 15) is 4.79 Å². The van der Waals surface area contributed by atoms with Gasteiger partial charge in [-0.1, -0.05) is 26.7 Å². The van der Waals surface area contributed by atoms with Crippen LogP contribution in [0.25, 0.3) is 0 Å². The molecule has 10 heavy (non-hydrogen) atoms. The van der Waals surface area contributed by atoms with Crippen LogP contribution in [0, 0.1) is 0 Å². The van der Waals surface area contributed by atoms with Gasteiger partial charge in [0.2, 0.25) is 0 Å². The van der Waals surface area contributed by atoms with Gasteiger partial charge in [-0.05, 0) is 13.8 Å². The van der Waals surface area contributed by atoms with Crippen LogP contribution in [0.3, 0.4) is 0 Å². The minimum Gasteiger partial charge on any atom is -0.300 e. The van der Waals surface area contributed by atoms with Crippen LogP contribution >= 0.6 is 0 Å². The third-order valence-electron chi connectivity index (χ3n) is 0.500. The number of carbonyl (C=O) groups excluding carboxylic acids is 1. The minimum absolute atomic E-state index is 0.167. The molecule has 0 atom stereocenters. The Morgan fingerprint density at radius 2 is 1.20 bits per heavy atom. The van der Waals surface area contributed by atoms with Gasteiger partial charge in [0.25, 0.3) is 0 Å². The summed E-state index contributed by atoms with van der Waals surface area (Å²) in [5.41, 5.74) is 0. The van der Waals surface area contributed by atoms with Crippen LogP contribution in [-0.4, -0.2) is 5.78 Å². The first-order chi connectivity index (χ1) is 4.65. The van der Waals surface area contributed by atoms with Crippen LogP contribution in [0.2, 0.25) is 0 Å². The molecule has 0 rings (SSSR count). The molecule has 0 bridgehead atoms. The second-order valence-corrected chi connectivity index (χ2v) is 1.91. The molecule has 0 aliphatic heterocycles. The van der Waals surface area contributed by atoms with E-state index in [1.807, 2.05) is 0 Å². The summed E-state index contributed by atoms with van der Waals surface area (Å²) in [6, 6.07) is 0. The SMILES string of the molecule is C=C.CC(C)=O.CCCC. The zero-order valence-electron chi connectivity index (χ0n) is 7.74. The number of ketones is 1. The monoisotopic (exact) mass is 144 g/mol. The molecule has 0 saturated carbocycles. The largest absolute Gasteiger partial charge is 0.300 e. The summed E-state index contributed by atoms with van der Waals surface area (Å²) in [4.78, 5) is 9.44. The first-order valence-corrected chi connectivity index (χ1v) is 3.62. The maximum atomic E-state index is 9.44. The van der Waals surface area contributed by atoms with Gasteiger partial charge in [0.05, 0.1) is 0 Å². The number of rotatable bonds is 1. The van der Waals surface area contributed by atoms with Crippen LogP contribution < -0.4 is 0 Å². The predicted octanol–water partition coefficient (Wildman–Crippen LogP) is 3.20. The summed E-state index contributed by atoms with van der Waals surface area (Å²) in [5, 5.41) is 0. The number of hydrogen-bond acceptors (Lipinski definition) is 1. The maximum absolute atomic E-state index is 9.44. The highest BCUT2D eigenvalue weighted by Gasteiger charge is 1.62. The summed E-state index contributed by atoms with van der Waals surface area (Å²) < 4.78 is 0. The molecule has 1 heteroatoms. The molecule has 0 spiro atoms. The molecular weight excluding hydrogens is 124 g/mol. The lowest BCUT2D eigenvalue weighted by Crippen LogP contribution is -1.69. The van der Waals surface area contributed by atoms with E-state index < -0.39 is 0 Å². The van der Waals surface area contributed by atoms with Crippen LogP contribution in [0.1, 0.15) is 40.5 Å². The molecule has 0 N–H and O–H groups in total. The lowest BCUT2D eigenvalue weighted by molar-refractivity contribution is -0.114. The molecule has 0 amide bonds. The van der Waals surface area contributed by atoms with E-state index in [0.29, 0.717) is 0 Å². The molecule has 0 fully saturated rings. The van der Waals surface area contributed by atoms with Crippen molar-refractivity contribution in [3.05, 3.63) is 13.2 Å². The van der Waals surface area contributed by atoms with Crippen molar-refractivity contribution in [3.63, 3.8) is 0 Å². The van der Waals surface area contributed by atoms with Gasteiger partial charge < -0.3 is 4.79 Å². The van der Waals surface area contributed by atoms with Crippen LogP contribution in [0.15, 0.2) is 13.2 Å². The highest BCUT2D eigenvalue weighted by atomic mass is 16.1. The molecule has 0 unspecified atom stereocenters. The molecule has 0 aromatic rings. The van der Waals surface area contributed by atoms with Crippen molar-refractivity contribution in [3.8, 4) is 0 Å². The number of Topliss-reactive ketones (excluding diaryl/α,β-unsaturated/α-hetero) is 1. The van der Waals surface area contributed by atoms with E-state index in [0.717, 1.165) is 0 Å². The summed E-state index contributed by atoms with van der Waals surface area (Å²) in [7, 11) is 0. The smallest absolute Gasteiger partial charge is 0.126 e. The van der Waals surface area contributed by atoms with Crippen LogP contribution in [-0.2, 0) is 4.79 Å². The molecule has 0 aliphatic carbocycles. The fraction of sp³-hybridized carbons (Fsp3) is 0.667. The molecule has 0 aliphatic rings. The Hall–Kier alpha value is -0.590. The second kappa shape index (κ2) is 23.7. The Morgan fingerprint density at radius 1 is 1.10 bits per heavy atom. The summed E-state index contributed by atoms with van der Waals surface area (Å²) in [6.45, 7) is 13.4. The molecular formula is C9H20O. The van der Waals surface area contributed by atoms with E-state index in [1.165, 1.54) is 26.7 Å². The maximum Gasteiger partial charge on any atom is 0.126 e. The summed E-state index contributed by atoms with van der Waals surface area (Å²) in [6.07, 6.45) is 2.64. The quantitative estimate of drug-likeness (QED) is 0.516. The first kappa shape index (κ1) is 16.2. The molecule has 0 aromatic heterocycles. The Morgan fingerprint density at radius 3 is 1.20 bits per heavy atom. The molecule has 0 radical (unpaired) electrons. The van der Waals surface area contributed by atoms with Crippen molar-refractivity contribution < 1.29 is 4.79 Å². The molecule has 62 valence electrons. The lowest BCUT2D eigenvalue weighted by Gasteiger charge is -1.68. The van der Waals surface area contributed by atoms with Gasteiger partial charge in [-0.2, -0.15) is 0 Å². The minimum atomic E-state index is 0.167. The topological polar surface area (TPSA) is 17.1 Å². The van der Waals surface area contributed by atoms with Gasteiger partial charge in [0, 0.05) is 0 Å². The van der Waals surface area contributed by atoms with Crippen LogP contribution in [0.5, 0.6) is 0 Å². The average Bonchev–Trinajstić information content (AvgIpc) is 1.91. The van der Waals surface area contributed by atoms with Gasteiger partial charge >= 0.3 is 0 Å². The number of unbranched alkanes of at least 4 members (excludes halogenated alkanes) is 1. The third-order valence-corrected chi connectivity index (χ3v) is 0.500. The lowest BCUT2D eigenvalue weighted by atomic mass is 10.4. The Balaban J connectivity index is -0.0000000787. The van der Waals surface area contributed by atoms with E-state index >= 15 is 0 Å². The van der Waals surface area contributed by atoms with E-state index in [1.54, 1.807) is 0 Å². The average molecular weight is 144 g/mol. The summed E-state index contributed by atoms with van der Waals surface area (Å²) >= 11 is 0. The van der Waals surface area contributed by atoms with Crippen molar-refractivity contribution in [2.45, 2.75) is 40.5 Å². The van der Waals surface area contributed by atoms with Gasteiger partial charge in [-0.3, -0.25) is 0 Å². The first-order valence-electron chi connectivity index (χ1n) is 3.62. The van der Waals surface area contributed by atoms with Crippen molar-refractivity contribution in [1.82, 2.24) is 0 Å². The van der Waals surface area contributed by atoms with Gasteiger partial charge in [0.1, 0.15) is 5.78 Å². The normalized spacial score (nSPS) is 6.00. The van der Waals surface area contributed by atoms with Crippen molar-refractivity contribution in [2.75, 3.05) is 0 Å². The fourth-order valence-electron chi connectivity index (χ4n) is 0. The number of hydrogen-bond donors (Lipinski definition) is 0. The molecule has 0 heterocycles. The highest BCUT2D eigenvalue weighted by molar-refractivity contribution is 5.72.